The Hall–Kier alpha value is -4.39. The second-order valence-corrected chi connectivity index (χ2v) is 11.2. The van der Waals surface area contributed by atoms with Crippen molar-refractivity contribution in [2.75, 3.05) is 0 Å². The molecular formula is C31H18N4S2. The van der Waals surface area contributed by atoms with Gasteiger partial charge in [0.15, 0.2) is 11.6 Å². The van der Waals surface area contributed by atoms with Crippen molar-refractivity contribution < 1.29 is 0 Å². The van der Waals surface area contributed by atoms with E-state index in [1.54, 1.807) is 0 Å². The number of nitrogens with zero attached hydrogens (tertiary/aromatic N) is 4. The van der Waals surface area contributed by atoms with Crippen LogP contribution in [0.15, 0.2) is 109 Å². The molecule has 0 bridgehead atoms. The van der Waals surface area contributed by atoms with Gasteiger partial charge in [0.25, 0.3) is 0 Å². The third-order valence-corrected chi connectivity index (χ3v) is 9.18. The lowest BCUT2D eigenvalue weighted by molar-refractivity contribution is 0.955. The maximum atomic E-state index is 5.07. The zero-order valence-electron chi connectivity index (χ0n) is 19.5. The summed E-state index contributed by atoms with van der Waals surface area (Å²) >= 11 is 3.72. The maximum absolute atomic E-state index is 5.07. The number of para-hydroxylation sites is 1. The number of benzene rings is 4. The van der Waals surface area contributed by atoms with Crippen molar-refractivity contribution in [3.63, 3.8) is 0 Å². The number of hydrogen-bond acceptors (Lipinski definition) is 5. The zero-order chi connectivity index (χ0) is 24.3. The molecule has 0 radical (unpaired) electrons. The van der Waals surface area contributed by atoms with Crippen LogP contribution in [0, 0.1) is 0 Å². The summed E-state index contributed by atoms with van der Waals surface area (Å²) in [4.78, 5) is 15.0. The van der Waals surface area contributed by atoms with Crippen molar-refractivity contribution in [1.29, 1.82) is 0 Å². The van der Waals surface area contributed by atoms with Crippen molar-refractivity contribution in [2.45, 2.75) is 0 Å². The van der Waals surface area contributed by atoms with Gasteiger partial charge in [-0.2, -0.15) is 9.97 Å². The Morgan fingerprint density at radius 2 is 1.14 bits per heavy atom. The molecule has 0 aliphatic carbocycles. The molecule has 0 atom stereocenters. The van der Waals surface area contributed by atoms with Crippen LogP contribution < -0.4 is 0 Å². The molecule has 0 amide bonds. The molecule has 0 N–H and O–H groups in total. The van der Waals surface area contributed by atoms with Crippen LogP contribution in [0.25, 0.3) is 69.3 Å². The number of thiophene rings is 2. The third kappa shape index (κ3) is 3.16. The number of fused-ring (bicyclic) bond motifs is 7. The minimum absolute atomic E-state index is 0.633. The summed E-state index contributed by atoms with van der Waals surface area (Å²) in [6, 6.07) is 37.5. The molecule has 0 spiro atoms. The topological polar surface area (TPSA) is 43.6 Å². The molecule has 0 unspecified atom stereocenters. The fourth-order valence-corrected chi connectivity index (χ4v) is 7.74. The standard InChI is InChI=1S/C31H18N4S2/c1-3-11-19(12-4-1)28-32-29(20-13-5-2-6-14-20)34-31(33-28)35-23-17-9-7-15-21(23)27-26(35)25-22-16-8-10-18-24(22)36-30(25)37-27/h1-18H. The van der Waals surface area contributed by atoms with Gasteiger partial charge in [0.2, 0.25) is 5.95 Å². The minimum atomic E-state index is 0.633. The largest absolute Gasteiger partial charge is 0.276 e. The van der Waals surface area contributed by atoms with Gasteiger partial charge in [0.1, 0.15) is 0 Å². The van der Waals surface area contributed by atoms with Gasteiger partial charge in [0.05, 0.1) is 19.7 Å². The van der Waals surface area contributed by atoms with E-state index in [2.05, 4.69) is 53.1 Å². The highest BCUT2D eigenvalue weighted by Crippen LogP contribution is 2.48. The molecule has 0 aliphatic rings. The minimum Gasteiger partial charge on any atom is -0.276 e. The molecule has 4 aromatic heterocycles. The molecule has 0 saturated carbocycles. The second-order valence-electron chi connectivity index (χ2n) is 8.91. The Morgan fingerprint density at radius 3 is 1.84 bits per heavy atom. The first-order valence-electron chi connectivity index (χ1n) is 12.1. The molecule has 6 heteroatoms. The fraction of sp³-hybridized carbons (Fsp3) is 0. The van der Waals surface area contributed by atoms with E-state index in [-0.39, 0.29) is 0 Å². The van der Waals surface area contributed by atoms with Crippen LogP contribution in [-0.4, -0.2) is 19.5 Å². The maximum Gasteiger partial charge on any atom is 0.238 e. The van der Waals surface area contributed by atoms with Gasteiger partial charge in [-0.3, -0.25) is 4.57 Å². The zero-order valence-corrected chi connectivity index (χ0v) is 21.1. The van der Waals surface area contributed by atoms with Crippen LogP contribution >= 0.6 is 22.7 Å². The van der Waals surface area contributed by atoms with Crippen molar-refractivity contribution in [2.24, 2.45) is 0 Å². The van der Waals surface area contributed by atoms with Crippen LogP contribution in [0.2, 0.25) is 0 Å². The molecule has 0 saturated heterocycles. The summed E-state index contributed by atoms with van der Waals surface area (Å²) in [5, 5.41) is 3.77. The van der Waals surface area contributed by atoms with E-state index in [9.17, 15) is 0 Å². The quantitative estimate of drug-likeness (QED) is 0.239. The molecule has 37 heavy (non-hydrogen) atoms. The van der Waals surface area contributed by atoms with E-state index in [4.69, 9.17) is 15.0 Å². The second kappa shape index (κ2) is 8.06. The molecule has 4 nitrogen and oxygen atoms in total. The Balaban J connectivity index is 1.52. The average Bonchev–Trinajstić information content (AvgIpc) is 3.60. The van der Waals surface area contributed by atoms with Crippen LogP contribution in [0.1, 0.15) is 0 Å². The van der Waals surface area contributed by atoms with Crippen LogP contribution in [0.3, 0.4) is 0 Å². The summed E-state index contributed by atoms with van der Waals surface area (Å²) in [6.07, 6.45) is 0. The number of hydrogen-bond donors (Lipinski definition) is 0. The molecule has 8 rings (SSSR count). The van der Waals surface area contributed by atoms with E-state index in [1.807, 2.05) is 83.3 Å². The first kappa shape index (κ1) is 20.8. The van der Waals surface area contributed by atoms with Crippen LogP contribution in [0.4, 0.5) is 0 Å². The third-order valence-electron chi connectivity index (χ3n) is 6.71. The molecule has 4 heterocycles. The summed E-state index contributed by atoms with van der Waals surface area (Å²) in [5.74, 6) is 1.96. The predicted molar refractivity (Wildman–Crippen MR) is 156 cm³/mol. The van der Waals surface area contributed by atoms with E-state index in [0.29, 0.717) is 17.6 Å². The van der Waals surface area contributed by atoms with Crippen molar-refractivity contribution in [3.05, 3.63) is 109 Å². The molecule has 174 valence electrons. The first-order valence-corrected chi connectivity index (χ1v) is 13.7. The van der Waals surface area contributed by atoms with E-state index < -0.39 is 0 Å². The van der Waals surface area contributed by atoms with E-state index >= 15 is 0 Å². The number of aromatic nitrogens is 4. The van der Waals surface area contributed by atoms with E-state index in [1.165, 1.54) is 35.1 Å². The van der Waals surface area contributed by atoms with Gasteiger partial charge >= 0.3 is 0 Å². The highest BCUT2D eigenvalue weighted by atomic mass is 32.2. The summed E-state index contributed by atoms with van der Waals surface area (Å²) in [5.41, 5.74) is 4.20. The summed E-state index contributed by atoms with van der Waals surface area (Å²) < 4.78 is 6.13. The van der Waals surface area contributed by atoms with Crippen molar-refractivity contribution in [1.82, 2.24) is 19.5 Å². The lowest BCUT2D eigenvalue weighted by Crippen LogP contribution is -2.06. The van der Waals surface area contributed by atoms with Crippen molar-refractivity contribution in [3.8, 4) is 28.7 Å². The van der Waals surface area contributed by atoms with Gasteiger partial charge in [-0.25, -0.2) is 4.98 Å². The molecule has 4 aromatic carbocycles. The highest BCUT2D eigenvalue weighted by Gasteiger charge is 2.23. The van der Waals surface area contributed by atoms with Gasteiger partial charge in [-0.15, -0.1) is 22.7 Å². The fourth-order valence-electron chi connectivity index (χ4n) is 5.06. The lowest BCUT2D eigenvalue weighted by atomic mass is 10.2. The Labute approximate surface area is 220 Å². The van der Waals surface area contributed by atoms with Gasteiger partial charge in [-0.05, 0) is 12.1 Å². The van der Waals surface area contributed by atoms with Crippen molar-refractivity contribution >= 4 is 63.3 Å². The lowest BCUT2D eigenvalue weighted by Gasteiger charge is -2.10. The molecule has 0 fully saturated rings. The van der Waals surface area contributed by atoms with Crippen LogP contribution in [0.5, 0.6) is 0 Å². The Kier molecular flexibility index (Phi) is 4.53. The summed E-state index contributed by atoms with van der Waals surface area (Å²) in [7, 11) is 0. The Bertz CT molecular complexity index is 2030. The first-order chi connectivity index (χ1) is 18.3. The Morgan fingerprint density at radius 1 is 0.541 bits per heavy atom. The van der Waals surface area contributed by atoms with Gasteiger partial charge < -0.3 is 0 Å². The van der Waals surface area contributed by atoms with Crippen LogP contribution in [-0.2, 0) is 0 Å². The SMILES string of the molecule is c1ccc(-c2nc(-c3ccccc3)nc(-n3c4ccccc4c4sc5sc6ccccc6c5c43)n2)cc1. The molecule has 0 aliphatic heterocycles. The smallest absolute Gasteiger partial charge is 0.238 e. The van der Waals surface area contributed by atoms with Gasteiger partial charge in [0, 0.05) is 32.0 Å². The number of rotatable bonds is 3. The molecular weight excluding hydrogens is 493 g/mol. The normalized spacial score (nSPS) is 11.8. The molecule has 8 aromatic rings. The van der Waals surface area contributed by atoms with Gasteiger partial charge in [-0.1, -0.05) is 97.1 Å². The summed E-state index contributed by atoms with van der Waals surface area (Å²) in [6.45, 7) is 0. The monoisotopic (exact) mass is 510 g/mol. The predicted octanol–water partition coefficient (Wildman–Crippen LogP) is 8.73. The average molecular weight is 511 g/mol. The van der Waals surface area contributed by atoms with E-state index in [0.717, 1.165) is 16.6 Å². The highest BCUT2D eigenvalue weighted by molar-refractivity contribution is 7.45.